The van der Waals surface area contributed by atoms with Crippen LogP contribution >= 0.6 is 23.1 Å². The first-order chi connectivity index (χ1) is 15.3. The fraction of sp³-hybridized carbons (Fsp3) is 0.304. The summed E-state index contributed by atoms with van der Waals surface area (Å²) in [6.07, 6.45) is 1.65. The number of thioether (sulfide) groups is 1. The van der Waals surface area contributed by atoms with Crippen LogP contribution < -0.4 is 4.90 Å². The van der Waals surface area contributed by atoms with Crippen molar-refractivity contribution in [1.82, 2.24) is 19.7 Å². The minimum absolute atomic E-state index is 0.0537. The van der Waals surface area contributed by atoms with Gasteiger partial charge in [-0.2, -0.15) is 0 Å². The third-order valence-electron chi connectivity index (χ3n) is 5.19. The average molecular weight is 468 g/mol. The molecule has 0 N–H and O–H groups in total. The molecule has 0 saturated heterocycles. The number of nitrogens with zero attached hydrogens (tertiary/aromatic N) is 5. The van der Waals surface area contributed by atoms with E-state index < -0.39 is 0 Å². The van der Waals surface area contributed by atoms with Crippen LogP contribution in [0.5, 0.6) is 0 Å². The molecule has 0 fully saturated rings. The Labute approximate surface area is 195 Å². The number of aromatic nitrogens is 4. The highest BCUT2D eigenvalue weighted by molar-refractivity contribution is 7.98. The van der Waals surface area contributed by atoms with Gasteiger partial charge in [0.25, 0.3) is 0 Å². The monoisotopic (exact) mass is 467 g/mol. The van der Waals surface area contributed by atoms with Crippen LogP contribution in [-0.4, -0.2) is 25.7 Å². The quantitative estimate of drug-likeness (QED) is 0.336. The zero-order valence-corrected chi connectivity index (χ0v) is 20.6. The van der Waals surface area contributed by atoms with Gasteiger partial charge in [-0.1, -0.05) is 29.5 Å². The smallest absolute Gasteiger partial charge is 0.230 e. The van der Waals surface area contributed by atoms with Crippen molar-refractivity contribution in [2.24, 2.45) is 7.05 Å². The van der Waals surface area contributed by atoms with Crippen molar-refractivity contribution in [1.29, 1.82) is 0 Å². The Morgan fingerprint density at radius 1 is 1.19 bits per heavy atom. The van der Waals surface area contributed by atoms with Crippen LogP contribution in [0, 0.1) is 27.7 Å². The average Bonchev–Trinajstić information content (AvgIpc) is 3.43. The van der Waals surface area contributed by atoms with E-state index in [4.69, 9.17) is 9.40 Å². The molecule has 0 spiro atoms. The van der Waals surface area contributed by atoms with E-state index in [9.17, 15) is 4.79 Å². The Morgan fingerprint density at radius 2 is 1.91 bits per heavy atom. The SMILES string of the molecule is CC(=O)N(c1nc(CSc2nnc(-c3ccoc3C)n2C)cs1)c1c(C)cc(C)cc1C. The molecule has 32 heavy (non-hydrogen) atoms. The molecule has 0 aliphatic heterocycles. The summed E-state index contributed by atoms with van der Waals surface area (Å²) in [6, 6.07) is 6.08. The number of thiazole rings is 1. The first-order valence-corrected chi connectivity index (χ1v) is 12.0. The van der Waals surface area contributed by atoms with Crippen molar-refractivity contribution < 1.29 is 9.21 Å². The molecule has 166 valence electrons. The van der Waals surface area contributed by atoms with Gasteiger partial charge in [-0.3, -0.25) is 9.69 Å². The number of carbonyl (C=O) groups is 1. The maximum absolute atomic E-state index is 12.6. The van der Waals surface area contributed by atoms with Gasteiger partial charge < -0.3 is 8.98 Å². The molecular formula is C23H25N5O2S2. The van der Waals surface area contributed by atoms with Crippen molar-refractivity contribution in [3.8, 4) is 11.4 Å². The van der Waals surface area contributed by atoms with Gasteiger partial charge in [0.1, 0.15) is 5.76 Å². The Kier molecular flexibility index (Phi) is 6.21. The maximum atomic E-state index is 12.6. The third kappa shape index (κ3) is 4.22. The number of aryl methyl sites for hydroxylation is 4. The second-order valence-corrected chi connectivity index (χ2v) is 9.55. The molecule has 1 amide bonds. The number of rotatable bonds is 6. The zero-order valence-electron chi connectivity index (χ0n) is 19.0. The highest BCUT2D eigenvalue weighted by atomic mass is 32.2. The van der Waals surface area contributed by atoms with Crippen LogP contribution in [0.15, 0.2) is 39.4 Å². The molecular weight excluding hydrogens is 442 g/mol. The fourth-order valence-corrected chi connectivity index (χ4v) is 5.59. The summed E-state index contributed by atoms with van der Waals surface area (Å²) in [7, 11) is 1.94. The molecule has 4 rings (SSSR count). The van der Waals surface area contributed by atoms with Gasteiger partial charge in [-0.25, -0.2) is 4.98 Å². The lowest BCUT2D eigenvalue weighted by molar-refractivity contribution is -0.115. The van der Waals surface area contributed by atoms with E-state index in [1.165, 1.54) is 16.9 Å². The molecule has 3 heterocycles. The lowest BCUT2D eigenvalue weighted by atomic mass is 10.0. The van der Waals surface area contributed by atoms with Gasteiger partial charge in [0.2, 0.25) is 5.91 Å². The van der Waals surface area contributed by atoms with Gasteiger partial charge in [-0.05, 0) is 44.9 Å². The second-order valence-electron chi connectivity index (χ2n) is 7.77. The number of benzene rings is 1. The van der Waals surface area contributed by atoms with Crippen molar-refractivity contribution in [3.05, 3.63) is 58.0 Å². The largest absolute Gasteiger partial charge is 0.469 e. The minimum atomic E-state index is -0.0537. The predicted molar refractivity (Wildman–Crippen MR) is 129 cm³/mol. The van der Waals surface area contributed by atoms with E-state index >= 15 is 0 Å². The summed E-state index contributed by atoms with van der Waals surface area (Å²) in [5.41, 5.74) is 6.04. The molecule has 4 aromatic rings. The molecule has 1 aromatic carbocycles. The van der Waals surface area contributed by atoms with Crippen LogP contribution in [0.25, 0.3) is 11.4 Å². The third-order valence-corrected chi connectivity index (χ3v) is 7.12. The highest BCUT2D eigenvalue weighted by Gasteiger charge is 2.22. The number of amides is 1. The van der Waals surface area contributed by atoms with E-state index in [2.05, 4.69) is 29.3 Å². The first kappa shape index (κ1) is 22.3. The molecule has 0 bridgehead atoms. The Bertz CT molecular complexity index is 1260. The normalized spacial score (nSPS) is 11.2. The maximum Gasteiger partial charge on any atom is 0.230 e. The second kappa shape index (κ2) is 8.91. The molecule has 0 saturated carbocycles. The Morgan fingerprint density at radius 3 is 2.53 bits per heavy atom. The van der Waals surface area contributed by atoms with Crippen LogP contribution in [0.4, 0.5) is 10.8 Å². The van der Waals surface area contributed by atoms with Crippen molar-refractivity contribution in [2.45, 2.75) is 45.5 Å². The van der Waals surface area contributed by atoms with E-state index in [0.717, 1.165) is 44.8 Å². The van der Waals surface area contributed by atoms with Crippen LogP contribution in [0.1, 0.15) is 35.1 Å². The lowest BCUT2D eigenvalue weighted by Gasteiger charge is -2.23. The molecule has 9 heteroatoms. The van der Waals surface area contributed by atoms with Crippen molar-refractivity contribution in [2.75, 3.05) is 4.90 Å². The van der Waals surface area contributed by atoms with Gasteiger partial charge >= 0.3 is 0 Å². The number of hydrogen-bond donors (Lipinski definition) is 0. The minimum Gasteiger partial charge on any atom is -0.469 e. The standard InChI is InChI=1S/C23H25N5O2S2/c1-13-9-14(2)20(15(3)10-13)28(17(5)29)22-24-18(11-31-22)12-32-23-26-25-21(27(23)6)19-7-8-30-16(19)4/h7-11H,12H2,1-6H3. The number of carbonyl (C=O) groups excluding carboxylic acids is 1. The van der Waals surface area contributed by atoms with E-state index in [1.54, 1.807) is 29.8 Å². The van der Waals surface area contributed by atoms with E-state index in [1.807, 2.05) is 43.8 Å². The van der Waals surface area contributed by atoms with Gasteiger partial charge in [0.05, 0.1) is 23.2 Å². The van der Waals surface area contributed by atoms with Gasteiger partial charge in [0, 0.05) is 25.1 Å². The Hall–Kier alpha value is -2.91. The predicted octanol–water partition coefficient (Wildman–Crippen LogP) is 5.74. The van der Waals surface area contributed by atoms with E-state index in [-0.39, 0.29) is 5.91 Å². The van der Waals surface area contributed by atoms with Crippen LogP contribution in [0.3, 0.4) is 0 Å². The molecule has 0 unspecified atom stereocenters. The van der Waals surface area contributed by atoms with Crippen molar-refractivity contribution >= 4 is 39.8 Å². The molecule has 3 aromatic heterocycles. The molecule has 7 nitrogen and oxygen atoms in total. The molecule has 0 radical (unpaired) electrons. The first-order valence-electron chi connectivity index (χ1n) is 10.2. The molecule has 0 aliphatic carbocycles. The fourth-order valence-electron chi connectivity index (χ4n) is 3.81. The number of furan rings is 1. The Balaban J connectivity index is 1.55. The molecule has 0 atom stereocenters. The number of anilines is 2. The topological polar surface area (TPSA) is 77.1 Å². The van der Waals surface area contributed by atoms with Gasteiger partial charge in [0.15, 0.2) is 16.1 Å². The van der Waals surface area contributed by atoms with Crippen LogP contribution in [-0.2, 0) is 17.6 Å². The van der Waals surface area contributed by atoms with E-state index in [0.29, 0.717) is 10.9 Å². The summed E-state index contributed by atoms with van der Waals surface area (Å²) < 4.78 is 7.34. The highest BCUT2D eigenvalue weighted by Crippen LogP contribution is 2.35. The summed E-state index contributed by atoms with van der Waals surface area (Å²) in [5.74, 6) is 2.16. The van der Waals surface area contributed by atoms with Crippen molar-refractivity contribution in [3.63, 3.8) is 0 Å². The van der Waals surface area contributed by atoms with Gasteiger partial charge in [-0.15, -0.1) is 21.5 Å². The summed E-state index contributed by atoms with van der Waals surface area (Å²) in [6.45, 7) is 9.61. The zero-order chi connectivity index (χ0) is 23.0. The summed E-state index contributed by atoms with van der Waals surface area (Å²) in [5, 5.41) is 12.1. The number of hydrogen-bond acceptors (Lipinski definition) is 7. The lowest BCUT2D eigenvalue weighted by Crippen LogP contribution is -2.24. The summed E-state index contributed by atoms with van der Waals surface area (Å²) in [4.78, 5) is 19.0. The van der Waals surface area contributed by atoms with Crippen LogP contribution in [0.2, 0.25) is 0 Å². The molecule has 0 aliphatic rings. The summed E-state index contributed by atoms with van der Waals surface area (Å²) >= 11 is 3.03.